The van der Waals surface area contributed by atoms with E-state index in [0.29, 0.717) is 35.7 Å². The van der Waals surface area contributed by atoms with Gasteiger partial charge in [0.2, 0.25) is 5.91 Å². The number of benzene rings is 2. The van der Waals surface area contributed by atoms with Crippen molar-refractivity contribution in [1.29, 1.82) is 0 Å². The Balaban J connectivity index is 1.79. The Morgan fingerprint density at radius 2 is 1.57 bits per heavy atom. The van der Waals surface area contributed by atoms with Crippen molar-refractivity contribution < 1.29 is 19.1 Å². The monoisotopic (exact) mass is 544 g/mol. The summed E-state index contributed by atoms with van der Waals surface area (Å²) in [5, 5.41) is 4.06. The molecule has 1 amide bonds. The molecule has 0 unspecified atom stereocenters. The van der Waals surface area contributed by atoms with Crippen LogP contribution < -0.4 is 14.9 Å². The molecule has 0 aromatic heterocycles. The lowest BCUT2D eigenvalue weighted by Gasteiger charge is -2.09. The fraction of sp³-hybridized carbons (Fsp3) is 0.464. The summed E-state index contributed by atoms with van der Waals surface area (Å²) in [5.41, 5.74) is 3.55. The molecule has 0 saturated heterocycles. The quantitative estimate of drug-likeness (QED) is 0.0782. The Hall–Kier alpha value is -2.67. The van der Waals surface area contributed by atoms with E-state index in [-0.39, 0.29) is 5.91 Å². The summed E-state index contributed by atoms with van der Waals surface area (Å²) < 4.78 is 11.8. The van der Waals surface area contributed by atoms with Gasteiger partial charge in [0.05, 0.1) is 18.4 Å². The second kappa shape index (κ2) is 16.9. The first-order valence-corrected chi connectivity index (χ1v) is 13.4. The Morgan fingerprint density at radius 1 is 0.914 bits per heavy atom. The predicted molar refractivity (Wildman–Crippen MR) is 144 cm³/mol. The van der Waals surface area contributed by atoms with Crippen LogP contribution >= 0.6 is 15.9 Å². The van der Waals surface area contributed by atoms with Crippen LogP contribution in [0.1, 0.15) is 94.0 Å². The minimum absolute atomic E-state index is 0.118. The van der Waals surface area contributed by atoms with Crippen LogP contribution in [0.2, 0.25) is 0 Å². The molecule has 0 saturated carbocycles. The van der Waals surface area contributed by atoms with Crippen molar-refractivity contribution in [2.75, 3.05) is 6.61 Å². The first-order chi connectivity index (χ1) is 17.0. The largest absolute Gasteiger partial charge is 0.494 e. The minimum atomic E-state index is -0.487. The number of carbonyl (C=O) groups excluding carboxylic acids is 2. The molecule has 190 valence electrons. The van der Waals surface area contributed by atoms with Crippen molar-refractivity contribution in [3.63, 3.8) is 0 Å². The number of nitrogens with one attached hydrogen (secondary N) is 1. The van der Waals surface area contributed by atoms with Crippen molar-refractivity contribution >= 4 is 34.0 Å². The third-order valence-corrected chi connectivity index (χ3v) is 5.97. The summed E-state index contributed by atoms with van der Waals surface area (Å²) in [6.07, 6.45) is 12.8. The second-order valence-electron chi connectivity index (χ2n) is 8.40. The molecule has 0 atom stereocenters. The predicted octanol–water partition coefficient (Wildman–Crippen LogP) is 7.44. The first-order valence-electron chi connectivity index (χ1n) is 12.6. The summed E-state index contributed by atoms with van der Waals surface area (Å²) in [5.74, 6) is 0.439. The van der Waals surface area contributed by atoms with Gasteiger partial charge in [-0.3, -0.25) is 4.79 Å². The fourth-order valence-electron chi connectivity index (χ4n) is 3.55. The molecular weight excluding hydrogens is 508 g/mol. The van der Waals surface area contributed by atoms with E-state index in [2.05, 4.69) is 33.4 Å². The van der Waals surface area contributed by atoms with E-state index >= 15 is 0 Å². The molecule has 35 heavy (non-hydrogen) atoms. The molecule has 0 aliphatic rings. The molecule has 0 spiro atoms. The van der Waals surface area contributed by atoms with Gasteiger partial charge in [-0.2, -0.15) is 5.10 Å². The van der Waals surface area contributed by atoms with Crippen LogP contribution in [0.5, 0.6) is 11.5 Å². The molecule has 7 heteroatoms. The van der Waals surface area contributed by atoms with Crippen molar-refractivity contribution in [3.05, 3.63) is 58.1 Å². The number of hydrazone groups is 1. The summed E-state index contributed by atoms with van der Waals surface area (Å²) >= 11 is 3.42. The Labute approximate surface area is 217 Å². The van der Waals surface area contributed by atoms with Crippen molar-refractivity contribution in [1.82, 2.24) is 5.43 Å². The molecule has 0 bridgehead atoms. The molecular formula is C28H37BrN2O4. The first kappa shape index (κ1) is 28.6. The lowest BCUT2D eigenvalue weighted by Crippen LogP contribution is -2.17. The molecule has 0 aliphatic heterocycles. The van der Waals surface area contributed by atoms with Crippen LogP contribution in [-0.4, -0.2) is 24.7 Å². The number of hydrogen-bond donors (Lipinski definition) is 1. The van der Waals surface area contributed by atoms with Gasteiger partial charge in [0, 0.05) is 16.5 Å². The maximum atomic E-state index is 12.6. The third kappa shape index (κ3) is 11.5. The zero-order chi connectivity index (χ0) is 25.3. The molecule has 0 heterocycles. The maximum Gasteiger partial charge on any atom is 0.343 e. The SMILES string of the molecule is CCCCCCCCCCCC(=O)NN=Cc1cc(Br)ccc1OC(=O)c1ccc(OCC)cc1. The average molecular weight is 546 g/mol. The van der Waals surface area contributed by atoms with E-state index in [1.54, 1.807) is 42.5 Å². The van der Waals surface area contributed by atoms with Crippen LogP contribution in [0.4, 0.5) is 0 Å². The van der Waals surface area contributed by atoms with Gasteiger partial charge >= 0.3 is 5.97 Å². The smallest absolute Gasteiger partial charge is 0.343 e. The van der Waals surface area contributed by atoms with Gasteiger partial charge in [0.15, 0.2) is 0 Å². The maximum absolute atomic E-state index is 12.6. The summed E-state index contributed by atoms with van der Waals surface area (Å²) in [4.78, 5) is 24.7. The van der Waals surface area contributed by atoms with Crippen LogP contribution in [-0.2, 0) is 4.79 Å². The number of hydrogen-bond acceptors (Lipinski definition) is 5. The highest BCUT2D eigenvalue weighted by Crippen LogP contribution is 2.23. The standard InChI is InChI=1S/C28H37BrN2O4/c1-3-5-6-7-8-9-10-11-12-13-27(32)31-30-21-23-20-24(29)16-19-26(23)35-28(33)22-14-17-25(18-15-22)34-4-2/h14-21H,3-13H2,1-2H3,(H,31,32). The summed E-state index contributed by atoms with van der Waals surface area (Å²) in [6.45, 7) is 4.69. The van der Waals surface area contributed by atoms with Gasteiger partial charge in [-0.25, -0.2) is 10.2 Å². The lowest BCUT2D eigenvalue weighted by atomic mass is 10.1. The van der Waals surface area contributed by atoms with E-state index in [1.807, 2.05) is 6.92 Å². The van der Waals surface area contributed by atoms with Gasteiger partial charge in [-0.15, -0.1) is 0 Å². The summed E-state index contributed by atoms with van der Waals surface area (Å²) in [6, 6.07) is 12.0. The number of ether oxygens (including phenoxy) is 2. The van der Waals surface area contributed by atoms with E-state index in [0.717, 1.165) is 17.3 Å². The highest BCUT2D eigenvalue weighted by molar-refractivity contribution is 9.10. The number of rotatable bonds is 16. The van der Waals surface area contributed by atoms with Gasteiger partial charge in [0.1, 0.15) is 11.5 Å². The topological polar surface area (TPSA) is 77.0 Å². The lowest BCUT2D eigenvalue weighted by molar-refractivity contribution is -0.121. The average Bonchev–Trinajstić information content (AvgIpc) is 2.85. The normalized spacial score (nSPS) is 10.9. The van der Waals surface area contributed by atoms with Gasteiger partial charge in [0.25, 0.3) is 0 Å². The van der Waals surface area contributed by atoms with E-state index < -0.39 is 5.97 Å². The van der Waals surface area contributed by atoms with Crippen LogP contribution in [0, 0.1) is 0 Å². The van der Waals surface area contributed by atoms with Crippen molar-refractivity contribution in [2.24, 2.45) is 5.10 Å². The van der Waals surface area contributed by atoms with E-state index in [1.165, 1.54) is 51.2 Å². The molecule has 6 nitrogen and oxygen atoms in total. The Bertz CT molecular complexity index is 944. The van der Waals surface area contributed by atoms with E-state index in [9.17, 15) is 9.59 Å². The molecule has 2 rings (SSSR count). The number of unbranched alkanes of at least 4 members (excludes halogenated alkanes) is 8. The van der Waals surface area contributed by atoms with Crippen molar-refractivity contribution in [2.45, 2.75) is 78.1 Å². The fourth-order valence-corrected chi connectivity index (χ4v) is 3.93. The van der Waals surface area contributed by atoms with Gasteiger partial charge in [-0.05, 0) is 55.8 Å². The molecule has 0 fully saturated rings. The third-order valence-electron chi connectivity index (χ3n) is 5.48. The number of amides is 1. The minimum Gasteiger partial charge on any atom is -0.494 e. The Kier molecular flexibility index (Phi) is 13.8. The molecule has 0 radical (unpaired) electrons. The zero-order valence-corrected chi connectivity index (χ0v) is 22.4. The second-order valence-corrected chi connectivity index (χ2v) is 9.32. The number of carbonyl (C=O) groups is 2. The van der Waals surface area contributed by atoms with Crippen LogP contribution in [0.25, 0.3) is 0 Å². The zero-order valence-electron chi connectivity index (χ0n) is 20.9. The molecule has 2 aromatic rings. The molecule has 1 N–H and O–H groups in total. The number of nitrogens with zero attached hydrogens (tertiary/aromatic N) is 1. The van der Waals surface area contributed by atoms with Crippen LogP contribution in [0.3, 0.4) is 0 Å². The van der Waals surface area contributed by atoms with Crippen molar-refractivity contribution in [3.8, 4) is 11.5 Å². The van der Waals surface area contributed by atoms with Gasteiger partial charge in [-0.1, -0.05) is 74.2 Å². The van der Waals surface area contributed by atoms with Crippen LogP contribution in [0.15, 0.2) is 52.0 Å². The number of esters is 1. The van der Waals surface area contributed by atoms with E-state index in [4.69, 9.17) is 9.47 Å². The van der Waals surface area contributed by atoms with Gasteiger partial charge < -0.3 is 9.47 Å². The molecule has 0 aliphatic carbocycles. The summed E-state index contributed by atoms with van der Waals surface area (Å²) in [7, 11) is 0. The highest BCUT2D eigenvalue weighted by atomic mass is 79.9. The number of halogens is 1. The Morgan fingerprint density at radius 3 is 2.23 bits per heavy atom. The highest BCUT2D eigenvalue weighted by Gasteiger charge is 2.12. The molecule has 2 aromatic carbocycles.